The van der Waals surface area contributed by atoms with Gasteiger partial charge in [0.05, 0.1) is 19.3 Å². The first-order chi connectivity index (χ1) is 14.0. The van der Waals surface area contributed by atoms with E-state index in [-0.39, 0.29) is 29.9 Å². The zero-order valence-corrected chi connectivity index (χ0v) is 21.0. The van der Waals surface area contributed by atoms with Crippen molar-refractivity contribution in [3.63, 3.8) is 0 Å². The maximum atomic E-state index is 5.41. The molecule has 30 heavy (non-hydrogen) atoms. The van der Waals surface area contributed by atoms with Gasteiger partial charge in [-0.15, -0.1) is 24.0 Å². The molecule has 1 aromatic carbocycles. The molecule has 0 bridgehead atoms. The first kappa shape index (κ1) is 26.2. The van der Waals surface area contributed by atoms with Gasteiger partial charge in [-0.25, -0.2) is 4.99 Å². The molecule has 1 unspecified atom stereocenters. The van der Waals surface area contributed by atoms with Crippen molar-refractivity contribution in [3.05, 3.63) is 46.8 Å². The quantitative estimate of drug-likeness (QED) is 0.196. The fraction of sp³-hybridized carbons (Fsp3) is 0.545. The molecule has 0 aliphatic carbocycles. The highest BCUT2D eigenvalue weighted by molar-refractivity contribution is 14.0. The summed E-state index contributed by atoms with van der Waals surface area (Å²) >= 11 is 0. The van der Waals surface area contributed by atoms with Crippen LogP contribution in [0.25, 0.3) is 0 Å². The minimum Gasteiger partial charge on any atom is -0.497 e. The lowest BCUT2D eigenvalue weighted by molar-refractivity contribution is 0.145. The van der Waals surface area contributed by atoms with Crippen LogP contribution in [0.15, 0.2) is 33.8 Å². The average molecular weight is 530 g/mol. The Balaban J connectivity index is 0.00000450. The summed E-state index contributed by atoms with van der Waals surface area (Å²) < 4.78 is 15.9. The average Bonchev–Trinajstić information content (AvgIpc) is 3.07. The van der Waals surface area contributed by atoms with Crippen LogP contribution in [0.3, 0.4) is 0 Å². The molecule has 1 atom stereocenters. The molecule has 0 saturated heterocycles. The Kier molecular flexibility index (Phi) is 12.4. The third-order valence-corrected chi connectivity index (χ3v) is 4.70. The van der Waals surface area contributed by atoms with Gasteiger partial charge in [0.15, 0.2) is 5.96 Å². The van der Waals surface area contributed by atoms with Crippen LogP contribution in [-0.4, -0.2) is 44.5 Å². The number of aryl methyl sites for hydroxylation is 2. The first-order valence-corrected chi connectivity index (χ1v) is 10.2. The van der Waals surface area contributed by atoms with Crippen molar-refractivity contribution in [1.29, 1.82) is 0 Å². The largest absolute Gasteiger partial charge is 0.497 e. The van der Waals surface area contributed by atoms with Gasteiger partial charge in [0.1, 0.15) is 11.5 Å². The lowest BCUT2D eigenvalue weighted by Crippen LogP contribution is -2.40. The monoisotopic (exact) mass is 530 g/mol. The molecule has 2 aromatic rings. The molecular weight excluding hydrogens is 495 g/mol. The topological polar surface area (TPSA) is 80.9 Å². The van der Waals surface area contributed by atoms with Crippen LogP contribution < -0.4 is 15.4 Å². The number of aromatic nitrogens is 1. The molecule has 1 aromatic heterocycles. The number of rotatable bonds is 11. The van der Waals surface area contributed by atoms with E-state index in [1.807, 2.05) is 45.0 Å². The number of halogens is 1. The third kappa shape index (κ3) is 8.51. The molecule has 0 fully saturated rings. The fourth-order valence-electron chi connectivity index (χ4n) is 3.15. The van der Waals surface area contributed by atoms with Crippen molar-refractivity contribution >= 4 is 29.9 Å². The second-order valence-electron chi connectivity index (χ2n) is 7.01. The number of hydrogen-bond acceptors (Lipinski definition) is 5. The Morgan fingerprint density at radius 3 is 2.53 bits per heavy atom. The highest BCUT2D eigenvalue weighted by Gasteiger charge is 2.16. The molecule has 0 radical (unpaired) electrons. The Morgan fingerprint density at radius 2 is 1.93 bits per heavy atom. The van der Waals surface area contributed by atoms with Gasteiger partial charge >= 0.3 is 0 Å². The van der Waals surface area contributed by atoms with E-state index in [9.17, 15) is 0 Å². The van der Waals surface area contributed by atoms with E-state index < -0.39 is 0 Å². The Morgan fingerprint density at radius 1 is 1.20 bits per heavy atom. The number of guanidine groups is 1. The number of hydrogen-bond donors (Lipinski definition) is 2. The molecule has 0 aliphatic rings. The molecule has 2 rings (SSSR count). The summed E-state index contributed by atoms with van der Waals surface area (Å²) in [5, 5.41) is 10.9. The molecule has 0 aliphatic heterocycles. The Bertz CT molecular complexity index is 743. The fourth-order valence-corrected chi connectivity index (χ4v) is 3.15. The van der Waals surface area contributed by atoms with Crippen molar-refractivity contribution in [1.82, 2.24) is 15.8 Å². The second-order valence-corrected chi connectivity index (χ2v) is 7.01. The summed E-state index contributed by atoms with van der Waals surface area (Å²) in [5.74, 6) is 2.77. The van der Waals surface area contributed by atoms with Crippen LogP contribution in [0, 0.1) is 13.8 Å². The van der Waals surface area contributed by atoms with Gasteiger partial charge in [-0.05, 0) is 44.9 Å². The summed E-state index contributed by atoms with van der Waals surface area (Å²) in [4.78, 5) is 4.74. The number of benzene rings is 1. The van der Waals surface area contributed by atoms with Gasteiger partial charge in [0.2, 0.25) is 0 Å². The molecule has 0 spiro atoms. The third-order valence-electron chi connectivity index (χ3n) is 4.70. The zero-order chi connectivity index (χ0) is 21.1. The molecule has 7 nitrogen and oxygen atoms in total. The highest BCUT2D eigenvalue weighted by atomic mass is 127. The molecule has 1 heterocycles. The van der Waals surface area contributed by atoms with E-state index in [2.05, 4.69) is 22.7 Å². The van der Waals surface area contributed by atoms with E-state index in [0.29, 0.717) is 6.54 Å². The van der Waals surface area contributed by atoms with E-state index in [0.717, 1.165) is 67.0 Å². The number of methoxy groups -OCH3 is 1. The van der Waals surface area contributed by atoms with Crippen molar-refractivity contribution in [3.8, 4) is 5.75 Å². The summed E-state index contributed by atoms with van der Waals surface area (Å²) in [7, 11) is 1.67. The second kappa shape index (κ2) is 14.2. The zero-order valence-electron chi connectivity index (χ0n) is 18.7. The van der Waals surface area contributed by atoms with Crippen LogP contribution in [0.4, 0.5) is 0 Å². The standard InChI is InChI=1S/C22H34N4O3.HI/c1-6-28-13-7-12-23-22(25-15-19-8-10-20(27-5)11-9-19)24-14-16(2)21-17(3)26-29-18(21)4;/h8-11,16H,6-7,12-15H2,1-5H3,(H2,23,24,25);1H. The van der Waals surface area contributed by atoms with Gasteiger partial charge in [-0.3, -0.25) is 0 Å². The molecule has 168 valence electrons. The Hall–Kier alpha value is -1.81. The van der Waals surface area contributed by atoms with Gasteiger partial charge in [-0.1, -0.05) is 24.2 Å². The maximum absolute atomic E-state index is 5.41. The molecule has 0 saturated carbocycles. The minimum absolute atomic E-state index is 0. The maximum Gasteiger partial charge on any atom is 0.191 e. The van der Waals surface area contributed by atoms with E-state index >= 15 is 0 Å². The normalized spacial score (nSPS) is 12.2. The predicted octanol–water partition coefficient (Wildman–Crippen LogP) is 4.18. The summed E-state index contributed by atoms with van der Waals surface area (Å²) in [6.45, 7) is 11.7. The molecular formula is C22H35IN4O3. The van der Waals surface area contributed by atoms with Gasteiger partial charge in [0, 0.05) is 37.8 Å². The number of ether oxygens (including phenoxy) is 2. The molecule has 8 heteroatoms. The predicted molar refractivity (Wildman–Crippen MR) is 131 cm³/mol. The van der Waals surface area contributed by atoms with Gasteiger partial charge in [-0.2, -0.15) is 0 Å². The highest BCUT2D eigenvalue weighted by Crippen LogP contribution is 2.22. The number of aliphatic imine (C=N–C) groups is 1. The van der Waals surface area contributed by atoms with Gasteiger partial charge < -0.3 is 24.6 Å². The van der Waals surface area contributed by atoms with Crippen LogP contribution in [-0.2, 0) is 11.3 Å². The van der Waals surface area contributed by atoms with Gasteiger partial charge in [0.25, 0.3) is 0 Å². The van der Waals surface area contributed by atoms with Crippen LogP contribution in [0.2, 0.25) is 0 Å². The van der Waals surface area contributed by atoms with Crippen LogP contribution >= 0.6 is 24.0 Å². The van der Waals surface area contributed by atoms with Crippen LogP contribution in [0.5, 0.6) is 5.75 Å². The lowest BCUT2D eigenvalue weighted by atomic mass is 10.00. The smallest absolute Gasteiger partial charge is 0.191 e. The van der Waals surface area contributed by atoms with Crippen molar-refractivity contribution in [2.45, 2.75) is 46.6 Å². The van der Waals surface area contributed by atoms with E-state index in [4.69, 9.17) is 19.0 Å². The van der Waals surface area contributed by atoms with Crippen LogP contribution in [0.1, 0.15) is 48.8 Å². The first-order valence-electron chi connectivity index (χ1n) is 10.2. The van der Waals surface area contributed by atoms with Crippen molar-refractivity contribution in [2.24, 2.45) is 4.99 Å². The summed E-state index contributed by atoms with van der Waals surface area (Å²) in [6, 6.07) is 7.96. The Labute approximate surface area is 197 Å². The minimum atomic E-state index is 0. The number of nitrogens with zero attached hydrogens (tertiary/aromatic N) is 2. The summed E-state index contributed by atoms with van der Waals surface area (Å²) in [6.07, 6.45) is 0.927. The SMILES string of the molecule is CCOCCCNC(=NCc1ccc(OC)cc1)NCC(C)c1c(C)noc1C.I. The van der Waals surface area contributed by atoms with Crippen molar-refractivity contribution < 1.29 is 14.0 Å². The van der Waals surface area contributed by atoms with Crippen molar-refractivity contribution in [2.75, 3.05) is 33.4 Å². The lowest BCUT2D eigenvalue weighted by Gasteiger charge is -2.17. The molecule has 2 N–H and O–H groups in total. The van der Waals surface area contributed by atoms with E-state index in [1.54, 1.807) is 7.11 Å². The summed E-state index contributed by atoms with van der Waals surface area (Å²) in [5.41, 5.74) is 3.22. The van der Waals surface area contributed by atoms with E-state index in [1.165, 1.54) is 0 Å². The number of nitrogens with one attached hydrogen (secondary N) is 2. The molecule has 0 amide bonds.